The summed E-state index contributed by atoms with van der Waals surface area (Å²) in [6.07, 6.45) is -0.540. The molecule has 1 saturated heterocycles. The van der Waals surface area contributed by atoms with Crippen molar-refractivity contribution >= 4 is 11.8 Å². The number of hydrogen-bond acceptors (Lipinski definition) is 4. The Kier molecular flexibility index (Phi) is 4.62. The summed E-state index contributed by atoms with van der Waals surface area (Å²) in [5.41, 5.74) is -0.920. The molecule has 3 heterocycles. The molecule has 3 rings (SSSR count). The van der Waals surface area contributed by atoms with Crippen LogP contribution in [0.25, 0.3) is 5.82 Å². The third-order valence-corrected chi connectivity index (χ3v) is 3.98. The minimum Gasteiger partial charge on any atom is -0.394 e. The lowest BCUT2D eigenvalue weighted by Gasteiger charge is -2.22. The molecule has 0 spiro atoms. The zero-order chi connectivity index (χ0) is 18.0. The van der Waals surface area contributed by atoms with E-state index in [1.165, 1.54) is 29.4 Å². The van der Waals surface area contributed by atoms with Gasteiger partial charge in [-0.05, 0) is 25.0 Å². The molecule has 25 heavy (non-hydrogen) atoms. The van der Waals surface area contributed by atoms with Crippen LogP contribution < -0.4 is 5.32 Å². The lowest BCUT2D eigenvalue weighted by molar-refractivity contribution is -0.137. The number of halogens is 3. The number of nitrogens with one attached hydrogen (secondary N) is 1. The molecular formula is C15H16F3N5O2. The van der Waals surface area contributed by atoms with Gasteiger partial charge < -0.3 is 10.0 Å². The molecule has 0 aliphatic carbocycles. The number of likely N-dealkylation sites (tertiary alicyclic amines) is 1. The first kappa shape index (κ1) is 17.2. The fraction of sp³-hybridized carbons (Fsp3) is 0.400. The number of rotatable bonds is 3. The third-order valence-electron chi connectivity index (χ3n) is 3.98. The van der Waals surface area contributed by atoms with Crippen molar-refractivity contribution < 1.29 is 23.1 Å². The van der Waals surface area contributed by atoms with Crippen LogP contribution in [0.2, 0.25) is 0 Å². The number of hydrogen-bond donors (Lipinski definition) is 2. The average Bonchev–Trinajstić information content (AvgIpc) is 3.22. The molecule has 0 aromatic carbocycles. The summed E-state index contributed by atoms with van der Waals surface area (Å²) in [5, 5.41) is 15.7. The van der Waals surface area contributed by atoms with E-state index in [4.69, 9.17) is 0 Å². The van der Waals surface area contributed by atoms with Gasteiger partial charge in [0.1, 0.15) is 5.56 Å². The maximum atomic E-state index is 13.1. The number of carbonyl (C=O) groups is 1. The molecule has 0 radical (unpaired) electrons. The van der Waals surface area contributed by atoms with Crippen LogP contribution >= 0.6 is 0 Å². The molecule has 1 aliphatic heterocycles. The van der Waals surface area contributed by atoms with Crippen LogP contribution in [0.4, 0.5) is 23.8 Å². The molecule has 134 valence electrons. The number of aromatic nitrogens is 3. The molecule has 1 atom stereocenters. The number of carbonyl (C=O) groups excluding carboxylic acids is 1. The standard InChI is InChI=1S/C15H16F3N5O2/c16-15(17,18)11-4-1-6-19-13(11)23-8-5-12(21-23)20-14(25)22-7-2-3-10(22)9-24/h1,4-6,8,10,24H,2-3,7,9H2,(H,20,21,25). The zero-order valence-electron chi connectivity index (χ0n) is 13.1. The van der Waals surface area contributed by atoms with Crippen LogP contribution in [0.3, 0.4) is 0 Å². The Morgan fingerprint density at radius 3 is 2.92 bits per heavy atom. The average molecular weight is 355 g/mol. The Morgan fingerprint density at radius 1 is 1.40 bits per heavy atom. The Morgan fingerprint density at radius 2 is 2.20 bits per heavy atom. The van der Waals surface area contributed by atoms with Gasteiger partial charge >= 0.3 is 12.2 Å². The van der Waals surface area contributed by atoms with Gasteiger partial charge in [0.25, 0.3) is 0 Å². The third kappa shape index (κ3) is 3.58. The molecule has 1 unspecified atom stereocenters. The minimum absolute atomic E-state index is 0.104. The molecule has 7 nitrogen and oxygen atoms in total. The lowest BCUT2D eigenvalue weighted by Crippen LogP contribution is -2.40. The maximum absolute atomic E-state index is 13.1. The van der Waals surface area contributed by atoms with E-state index in [2.05, 4.69) is 15.4 Å². The first-order chi connectivity index (χ1) is 11.9. The van der Waals surface area contributed by atoms with Crippen molar-refractivity contribution in [2.45, 2.75) is 25.1 Å². The van der Waals surface area contributed by atoms with Crippen LogP contribution in [-0.2, 0) is 6.18 Å². The number of aliphatic hydroxyl groups excluding tert-OH is 1. The molecule has 2 aromatic heterocycles. The summed E-state index contributed by atoms with van der Waals surface area (Å²) in [4.78, 5) is 17.4. The van der Waals surface area contributed by atoms with E-state index in [0.717, 1.165) is 17.2 Å². The van der Waals surface area contributed by atoms with Crippen LogP contribution in [-0.4, -0.2) is 50.0 Å². The van der Waals surface area contributed by atoms with E-state index >= 15 is 0 Å². The van der Waals surface area contributed by atoms with Gasteiger partial charge in [0.05, 0.1) is 12.6 Å². The Labute approximate surface area is 141 Å². The van der Waals surface area contributed by atoms with Crippen molar-refractivity contribution in [3.8, 4) is 5.82 Å². The quantitative estimate of drug-likeness (QED) is 0.885. The van der Waals surface area contributed by atoms with Crippen molar-refractivity contribution in [3.05, 3.63) is 36.2 Å². The maximum Gasteiger partial charge on any atom is 0.420 e. The van der Waals surface area contributed by atoms with E-state index in [1.807, 2.05) is 0 Å². The second kappa shape index (κ2) is 6.71. The molecule has 10 heteroatoms. The summed E-state index contributed by atoms with van der Waals surface area (Å²) < 4.78 is 40.1. The van der Waals surface area contributed by atoms with E-state index in [1.54, 1.807) is 0 Å². The fourth-order valence-electron chi connectivity index (χ4n) is 2.78. The summed E-state index contributed by atoms with van der Waals surface area (Å²) in [5.74, 6) is -0.266. The number of urea groups is 1. The van der Waals surface area contributed by atoms with Gasteiger partial charge in [0.15, 0.2) is 11.6 Å². The predicted octanol–water partition coefficient (Wildman–Crippen LogP) is 2.27. The molecule has 1 aliphatic rings. The largest absolute Gasteiger partial charge is 0.420 e. The molecule has 2 N–H and O–H groups in total. The number of amides is 2. The smallest absolute Gasteiger partial charge is 0.394 e. The van der Waals surface area contributed by atoms with Gasteiger partial charge in [-0.1, -0.05) is 0 Å². The first-order valence-electron chi connectivity index (χ1n) is 7.67. The predicted molar refractivity (Wildman–Crippen MR) is 82.2 cm³/mol. The molecular weight excluding hydrogens is 339 g/mol. The zero-order valence-corrected chi connectivity index (χ0v) is 13.1. The second-order valence-electron chi connectivity index (χ2n) is 5.62. The normalized spacial score (nSPS) is 17.8. The van der Waals surface area contributed by atoms with Crippen molar-refractivity contribution in [2.24, 2.45) is 0 Å². The molecule has 0 saturated carbocycles. The van der Waals surface area contributed by atoms with Gasteiger partial charge in [0.2, 0.25) is 0 Å². The summed E-state index contributed by atoms with van der Waals surface area (Å²) >= 11 is 0. The molecule has 2 amide bonds. The Hall–Kier alpha value is -2.62. The Balaban J connectivity index is 1.79. The number of nitrogens with zero attached hydrogens (tertiary/aromatic N) is 4. The number of pyridine rings is 1. The summed E-state index contributed by atoms with van der Waals surface area (Å²) in [7, 11) is 0. The number of alkyl halides is 3. The van der Waals surface area contributed by atoms with E-state index in [9.17, 15) is 23.1 Å². The molecule has 0 bridgehead atoms. The van der Waals surface area contributed by atoms with Crippen molar-refractivity contribution in [1.29, 1.82) is 0 Å². The topological polar surface area (TPSA) is 83.3 Å². The highest BCUT2D eigenvalue weighted by molar-refractivity contribution is 5.88. The highest BCUT2D eigenvalue weighted by Crippen LogP contribution is 2.32. The van der Waals surface area contributed by atoms with Crippen LogP contribution in [0.5, 0.6) is 0 Å². The van der Waals surface area contributed by atoms with Crippen LogP contribution in [0, 0.1) is 0 Å². The van der Waals surface area contributed by atoms with Gasteiger partial charge in [-0.25, -0.2) is 14.5 Å². The van der Waals surface area contributed by atoms with Gasteiger partial charge in [-0.15, -0.1) is 5.10 Å². The lowest BCUT2D eigenvalue weighted by atomic mass is 10.2. The monoisotopic (exact) mass is 355 g/mol. The summed E-state index contributed by atoms with van der Waals surface area (Å²) in [6.45, 7) is 0.376. The summed E-state index contributed by atoms with van der Waals surface area (Å²) in [6, 6.07) is 2.80. The van der Waals surface area contributed by atoms with E-state index in [-0.39, 0.29) is 24.3 Å². The first-order valence-corrected chi connectivity index (χ1v) is 7.67. The van der Waals surface area contributed by atoms with Crippen LogP contribution in [0.1, 0.15) is 18.4 Å². The van der Waals surface area contributed by atoms with Crippen molar-refractivity contribution in [2.75, 3.05) is 18.5 Å². The molecule has 2 aromatic rings. The number of anilines is 1. The van der Waals surface area contributed by atoms with E-state index < -0.39 is 17.8 Å². The second-order valence-corrected chi connectivity index (χ2v) is 5.62. The van der Waals surface area contributed by atoms with Crippen LogP contribution in [0.15, 0.2) is 30.6 Å². The van der Waals surface area contributed by atoms with Crippen molar-refractivity contribution in [3.63, 3.8) is 0 Å². The van der Waals surface area contributed by atoms with E-state index in [0.29, 0.717) is 13.0 Å². The van der Waals surface area contributed by atoms with Gasteiger partial charge in [-0.3, -0.25) is 5.32 Å². The van der Waals surface area contributed by atoms with Gasteiger partial charge in [-0.2, -0.15) is 13.2 Å². The highest BCUT2D eigenvalue weighted by atomic mass is 19.4. The number of aliphatic hydroxyl groups is 1. The fourth-order valence-corrected chi connectivity index (χ4v) is 2.78. The minimum atomic E-state index is -4.57. The molecule has 1 fully saturated rings. The van der Waals surface area contributed by atoms with Crippen molar-refractivity contribution in [1.82, 2.24) is 19.7 Å². The SMILES string of the molecule is O=C(Nc1ccn(-c2ncccc2C(F)(F)F)n1)N1CCCC1CO. The Bertz CT molecular complexity index is 762. The van der Waals surface area contributed by atoms with Gasteiger partial charge in [0, 0.05) is 25.0 Å². The highest BCUT2D eigenvalue weighted by Gasteiger charge is 2.35.